The van der Waals surface area contributed by atoms with E-state index in [1.165, 1.54) is 95.1 Å². The zero-order chi connectivity index (χ0) is 37.9. The molecule has 0 heteroatoms. The molecular weight excluding hydrogens is 697 g/mol. The maximum Gasteiger partial charge on any atom is 0.0199 e. The molecule has 0 aromatic heterocycles. The van der Waals surface area contributed by atoms with Gasteiger partial charge in [-0.2, -0.15) is 0 Å². The molecule has 0 saturated heterocycles. The number of rotatable bonds is 5. The van der Waals surface area contributed by atoms with E-state index in [2.05, 4.69) is 176 Å². The van der Waals surface area contributed by atoms with Crippen LogP contribution in [0.1, 0.15) is 60.3 Å². The van der Waals surface area contributed by atoms with Crippen molar-refractivity contribution in [1.82, 2.24) is 0 Å². The zero-order valence-electron chi connectivity index (χ0n) is 32.8. The maximum atomic E-state index is 2.67. The van der Waals surface area contributed by atoms with Gasteiger partial charge in [0.05, 0.1) is 0 Å². The minimum atomic E-state index is 0.243. The van der Waals surface area contributed by atoms with Crippen molar-refractivity contribution in [1.29, 1.82) is 0 Å². The summed E-state index contributed by atoms with van der Waals surface area (Å²) < 4.78 is 0. The first-order chi connectivity index (χ1) is 28.8. The van der Waals surface area contributed by atoms with Gasteiger partial charge in [0.15, 0.2) is 0 Å². The molecule has 4 aromatic carbocycles. The van der Waals surface area contributed by atoms with Gasteiger partial charge in [-0.15, -0.1) is 0 Å². The predicted molar refractivity (Wildman–Crippen MR) is 243 cm³/mol. The summed E-state index contributed by atoms with van der Waals surface area (Å²) in [5.74, 6) is 3.60. The number of fused-ring (bicyclic) bond motifs is 11. The second-order valence-corrected chi connectivity index (χ2v) is 18.0. The second kappa shape index (κ2) is 12.8. The van der Waals surface area contributed by atoms with Crippen molar-refractivity contribution in [2.45, 2.75) is 38.0 Å². The summed E-state index contributed by atoms with van der Waals surface area (Å²) in [5, 5.41) is 2.82. The fraction of sp³-hybridized carbons (Fsp3) is 0.207. The number of hydrogen-bond donors (Lipinski definition) is 0. The first-order valence-corrected chi connectivity index (χ1v) is 21.9. The highest BCUT2D eigenvalue weighted by Crippen LogP contribution is 2.63. The van der Waals surface area contributed by atoms with E-state index in [0.717, 1.165) is 37.5 Å². The molecule has 0 N–H and O–H groups in total. The van der Waals surface area contributed by atoms with Crippen molar-refractivity contribution < 1.29 is 0 Å². The molecule has 0 spiro atoms. The lowest BCUT2D eigenvalue weighted by Gasteiger charge is -2.37. The summed E-state index contributed by atoms with van der Waals surface area (Å²) in [6.07, 6.45) is 46.3. The molecule has 58 heavy (non-hydrogen) atoms. The van der Waals surface area contributed by atoms with Crippen molar-refractivity contribution in [3.63, 3.8) is 0 Å². The predicted octanol–water partition coefficient (Wildman–Crippen LogP) is 14.6. The molecule has 4 aromatic rings. The van der Waals surface area contributed by atoms with E-state index < -0.39 is 0 Å². The van der Waals surface area contributed by atoms with Gasteiger partial charge in [0.1, 0.15) is 0 Å². The average molecular weight is 743 g/mol. The lowest BCUT2D eigenvalue weighted by molar-refractivity contribution is 0.510. The van der Waals surface area contributed by atoms with E-state index in [1.54, 1.807) is 5.57 Å². The van der Waals surface area contributed by atoms with Crippen molar-refractivity contribution in [2.75, 3.05) is 0 Å². The van der Waals surface area contributed by atoms with E-state index in [9.17, 15) is 0 Å². The molecule has 9 aliphatic rings. The standard InChI is InChI=1S/C58H46/c1-2-6-21-39-31-40(22-7-3-1)56-54(37-17-10-5-11-18-37)58-47-24-14-23-45-44-28-26-41(33-49(44)50(57(45)47)34-51(58)53(55(39)56)36-19-12-13-20-36)52-42(35-15-8-4-9-16-35)29-30-46(52)43-27-25-38-32-48(38)43/h2-12,14-15,17-30,33-35,38,43,46,48,53,55H,1,13,16,31-32H2. The number of allylic oxidation sites excluding steroid dienone is 23. The Morgan fingerprint density at radius 2 is 1.53 bits per heavy atom. The van der Waals surface area contributed by atoms with Crippen LogP contribution >= 0.6 is 0 Å². The van der Waals surface area contributed by atoms with E-state index in [1.807, 2.05) is 0 Å². The largest absolute Gasteiger partial charge is 0.0848 e. The smallest absolute Gasteiger partial charge is 0.0199 e. The highest BCUT2D eigenvalue weighted by atomic mass is 14.5. The highest BCUT2D eigenvalue weighted by Gasteiger charge is 2.49. The molecule has 0 heterocycles. The Bertz CT molecular complexity index is 2880. The van der Waals surface area contributed by atoms with Crippen LogP contribution in [0, 0.1) is 35.5 Å². The van der Waals surface area contributed by atoms with Gasteiger partial charge in [-0.1, -0.05) is 170 Å². The molecule has 2 saturated carbocycles. The molecule has 9 aliphatic carbocycles. The Hall–Kier alpha value is -5.98. The van der Waals surface area contributed by atoms with Gasteiger partial charge in [0, 0.05) is 23.7 Å². The second-order valence-electron chi connectivity index (χ2n) is 18.0. The van der Waals surface area contributed by atoms with Crippen LogP contribution in [0.2, 0.25) is 0 Å². The van der Waals surface area contributed by atoms with Gasteiger partial charge >= 0.3 is 0 Å². The van der Waals surface area contributed by atoms with Gasteiger partial charge in [-0.25, -0.2) is 0 Å². The van der Waals surface area contributed by atoms with Crippen molar-refractivity contribution in [3.8, 4) is 22.3 Å². The average Bonchev–Trinajstić information content (AvgIpc) is 3.84. The fourth-order valence-corrected chi connectivity index (χ4v) is 12.5. The first kappa shape index (κ1) is 33.0. The van der Waals surface area contributed by atoms with Crippen LogP contribution in [0.25, 0.3) is 44.2 Å². The van der Waals surface area contributed by atoms with E-state index in [0.29, 0.717) is 17.8 Å². The van der Waals surface area contributed by atoms with Crippen LogP contribution in [-0.4, -0.2) is 0 Å². The van der Waals surface area contributed by atoms with Crippen LogP contribution in [0.5, 0.6) is 0 Å². The third-order valence-corrected chi connectivity index (χ3v) is 15.0. The Kier molecular flexibility index (Phi) is 7.27. The molecule has 13 rings (SSSR count). The fourth-order valence-electron chi connectivity index (χ4n) is 12.5. The molecular formula is C58H46. The third kappa shape index (κ3) is 4.81. The Balaban J connectivity index is 1.07. The molecule has 0 radical (unpaired) electrons. The van der Waals surface area contributed by atoms with Crippen LogP contribution in [0.15, 0.2) is 204 Å². The summed E-state index contributed by atoms with van der Waals surface area (Å²) >= 11 is 0. The van der Waals surface area contributed by atoms with Crippen LogP contribution in [-0.2, 0) is 0 Å². The summed E-state index contributed by atoms with van der Waals surface area (Å²) in [7, 11) is 0. The molecule has 0 nitrogen and oxygen atoms in total. The normalized spacial score (nSPS) is 28.9. The number of hydrogen-bond acceptors (Lipinski definition) is 0. The van der Waals surface area contributed by atoms with Crippen molar-refractivity contribution in [3.05, 3.63) is 226 Å². The van der Waals surface area contributed by atoms with Gasteiger partial charge in [0.2, 0.25) is 0 Å². The zero-order valence-corrected chi connectivity index (χ0v) is 32.8. The third-order valence-electron chi connectivity index (χ3n) is 15.0. The van der Waals surface area contributed by atoms with E-state index in [4.69, 9.17) is 0 Å². The summed E-state index contributed by atoms with van der Waals surface area (Å²) in [6.45, 7) is 0. The van der Waals surface area contributed by atoms with Gasteiger partial charge < -0.3 is 0 Å². The Labute approximate surface area is 342 Å². The molecule has 0 aliphatic heterocycles. The summed E-state index contributed by atoms with van der Waals surface area (Å²) in [5.41, 5.74) is 21.8. The maximum absolute atomic E-state index is 2.67. The highest BCUT2D eigenvalue weighted by molar-refractivity contribution is 6.19. The lowest BCUT2D eigenvalue weighted by atomic mass is 9.65. The summed E-state index contributed by atoms with van der Waals surface area (Å²) in [6, 6.07) is 28.7. The van der Waals surface area contributed by atoms with Crippen LogP contribution in [0.3, 0.4) is 0 Å². The first-order valence-electron chi connectivity index (χ1n) is 21.9. The molecule has 2 bridgehead atoms. The molecule has 7 unspecified atom stereocenters. The Morgan fingerprint density at radius 1 is 0.603 bits per heavy atom. The SMILES string of the molecule is C1=CCC=CC=C2CC(=C1)C1=C(c3ccccc3)c3c(cc4c5c(cccc35)-c3ccc(C5=C(C6C=CC=CC6)C=CC5C5C=CC6CC65)cc3-4)C(C3=CCC=C3)C21. The molecule has 2 fully saturated rings. The monoisotopic (exact) mass is 742 g/mol. The topological polar surface area (TPSA) is 0 Å². The molecule has 7 atom stereocenters. The van der Waals surface area contributed by atoms with Crippen LogP contribution < -0.4 is 0 Å². The number of benzene rings is 4. The van der Waals surface area contributed by atoms with E-state index >= 15 is 0 Å². The lowest BCUT2D eigenvalue weighted by Crippen LogP contribution is -2.22. The van der Waals surface area contributed by atoms with Crippen LogP contribution in [0.4, 0.5) is 0 Å². The van der Waals surface area contributed by atoms with Crippen molar-refractivity contribution >= 4 is 21.9 Å². The van der Waals surface area contributed by atoms with E-state index in [-0.39, 0.29) is 11.8 Å². The Morgan fingerprint density at radius 3 is 2.36 bits per heavy atom. The minimum absolute atomic E-state index is 0.243. The van der Waals surface area contributed by atoms with Gasteiger partial charge in [0.25, 0.3) is 0 Å². The van der Waals surface area contributed by atoms with Gasteiger partial charge in [-0.3, -0.25) is 0 Å². The quantitative estimate of drug-likeness (QED) is 0.157. The summed E-state index contributed by atoms with van der Waals surface area (Å²) in [4.78, 5) is 0. The minimum Gasteiger partial charge on any atom is -0.0848 e. The molecule has 278 valence electrons. The molecule has 0 amide bonds. The van der Waals surface area contributed by atoms with Crippen molar-refractivity contribution in [2.24, 2.45) is 35.5 Å². The van der Waals surface area contributed by atoms with Gasteiger partial charge in [-0.05, 0) is 151 Å².